The van der Waals surface area contributed by atoms with Crippen LogP contribution in [0.2, 0.25) is 0 Å². The lowest BCUT2D eigenvalue weighted by Crippen LogP contribution is -2.21. The maximum absolute atomic E-state index is 13.9. The maximum Gasteiger partial charge on any atom is 0.323 e. The largest absolute Gasteiger partial charge is 0.492 e. The molecule has 2 amide bonds. The molecule has 2 N–H and O–H groups in total. The molecule has 0 spiro atoms. The summed E-state index contributed by atoms with van der Waals surface area (Å²) < 4.78 is 33.8. The second-order valence-electron chi connectivity index (χ2n) is 7.35. The van der Waals surface area contributed by atoms with Crippen LogP contribution in [0.25, 0.3) is 5.70 Å². The van der Waals surface area contributed by atoms with Crippen molar-refractivity contribution in [2.24, 2.45) is 5.10 Å². The molecule has 0 unspecified atom stereocenters. The molecule has 0 atom stereocenters. The summed E-state index contributed by atoms with van der Waals surface area (Å²) in [6.45, 7) is 4.88. The predicted octanol–water partition coefficient (Wildman–Crippen LogP) is 5.57. The molecule has 10 heteroatoms. The van der Waals surface area contributed by atoms with Gasteiger partial charge in [0.05, 0.1) is 11.4 Å². The molecular formula is C23H28BrF2N5O2. The van der Waals surface area contributed by atoms with Gasteiger partial charge in [-0.2, -0.15) is 5.10 Å². The first-order valence-corrected chi connectivity index (χ1v) is 10.9. The van der Waals surface area contributed by atoms with Gasteiger partial charge in [-0.05, 0) is 58.3 Å². The van der Waals surface area contributed by atoms with Crippen LogP contribution in [0.4, 0.5) is 25.0 Å². The number of benzene rings is 2. The van der Waals surface area contributed by atoms with Gasteiger partial charge in [-0.15, -0.1) is 0 Å². The first-order chi connectivity index (χ1) is 15.6. The Labute approximate surface area is 201 Å². The molecule has 0 radical (unpaired) electrons. The molecule has 0 saturated carbocycles. The van der Waals surface area contributed by atoms with E-state index in [-0.39, 0.29) is 5.69 Å². The Morgan fingerprint density at radius 3 is 2.48 bits per heavy atom. The molecule has 0 aliphatic carbocycles. The third-order valence-corrected chi connectivity index (χ3v) is 4.78. The summed E-state index contributed by atoms with van der Waals surface area (Å²) in [4.78, 5) is 14.4. The Morgan fingerprint density at radius 2 is 1.88 bits per heavy atom. The molecule has 0 bridgehead atoms. The molecule has 0 aliphatic rings. The summed E-state index contributed by atoms with van der Waals surface area (Å²) in [5.41, 5.74) is 1.75. The first kappa shape index (κ1) is 26.3. The Morgan fingerprint density at radius 1 is 1.15 bits per heavy atom. The van der Waals surface area contributed by atoms with Gasteiger partial charge in [-0.3, -0.25) is 5.01 Å². The van der Waals surface area contributed by atoms with Crippen LogP contribution in [0, 0.1) is 11.6 Å². The van der Waals surface area contributed by atoms with Crippen LogP contribution in [0.15, 0.2) is 46.0 Å². The maximum atomic E-state index is 13.9. The molecule has 2 rings (SSSR count). The number of hydrazone groups is 1. The van der Waals surface area contributed by atoms with Gasteiger partial charge in [0.2, 0.25) is 0 Å². The second kappa shape index (κ2) is 12.3. The SMILES string of the molecule is C/C=N\N(C)/C(=C(\C)Br)c1cc(NC(=O)Nc2ccc(F)cc2F)ccc1OCCN(C)C. The number of rotatable bonds is 9. The molecular weight excluding hydrogens is 496 g/mol. The highest BCUT2D eigenvalue weighted by molar-refractivity contribution is 9.11. The number of carbonyl (C=O) groups excluding carboxylic acids is 1. The lowest BCUT2D eigenvalue weighted by atomic mass is 10.1. The van der Waals surface area contributed by atoms with E-state index in [0.29, 0.717) is 29.7 Å². The van der Waals surface area contributed by atoms with Crippen molar-refractivity contribution in [3.63, 3.8) is 0 Å². The highest BCUT2D eigenvalue weighted by atomic mass is 79.9. The van der Waals surface area contributed by atoms with Crippen molar-refractivity contribution in [1.82, 2.24) is 9.91 Å². The molecule has 2 aromatic carbocycles. The Bertz CT molecular complexity index is 1040. The third-order valence-electron chi connectivity index (χ3n) is 4.41. The van der Waals surface area contributed by atoms with Crippen LogP contribution >= 0.6 is 15.9 Å². The zero-order valence-electron chi connectivity index (χ0n) is 19.2. The second-order valence-corrected chi connectivity index (χ2v) is 8.53. The average molecular weight is 524 g/mol. The van der Waals surface area contributed by atoms with Crippen molar-refractivity contribution in [2.75, 3.05) is 44.9 Å². The fourth-order valence-corrected chi connectivity index (χ4v) is 3.42. The van der Waals surface area contributed by atoms with Gasteiger partial charge in [0.1, 0.15) is 24.0 Å². The molecule has 33 heavy (non-hydrogen) atoms. The van der Waals surface area contributed by atoms with Gasteiger partial charge in [0.25, 0.3) is 0 Å². The quantitative estimate of drug-likeness (QED) is 0.333. The van der Waals surface area contributed by atoms with Crippen molar-refractivity contribution in [3.05, 3.63) is 58.1 Å². The summed E-state index contributed by atoms with van der Waals surface area (Å²) >= 11 is 3.54. The Hall–Kier alpha value is -2.98. The van der Waals surface area contributed by atoms with Crippen molar-refractivity contribution >= 4 is 45.2 Å². The van der Waals surface area contributed by atoms with E-state index in [9.17, 15) is 13.6 Å². The van der Waals surface area contributed by atoms with E-state index in [0.717, 1.165) is 28.9 Å². The molecule has 0 fully saturated rings. The zero-order valence-corrected chi connectivity index (χ0v) is 20.8. The number of amides is 2. The van der Waals surface area contributed by atoms with Crippen LogP contribution in [0.5, 0.6) is 5.75 Å². The molecule has 2 aromatic rings. The number of nitrogens with one attached hydrogen (secondary N) is 2. The highest BCUT2D eigenvalue weighted by Gasteiger charge is 2.17. The van der Waals surface area contributed by atoms with E-state index >= 15 is 0 Å². The fraction of sp³-hybridized carbons (Fsp3) is 0.304. The zero-order chi connectivity index (χ0) is 24.5. The van der Waals surface area contributed by atoms with Crippen molar-refractivity contribution < 1.29 is 18.3 Å². The number of likely N-dealkylation sites (N-methyl/N-ethyl adjacent to an activating group) is 1. The lowest BCUT2D eigenvalue weighted by Gasteiger charge is -2.22. The number of ether oxygens (including phenoxy) is 1. The minimum absolute atomic E-state index is 0.133. The van der Waals surface area contributed by atoms with Crippen molar-refractivity contribution in [2.45, 2.75) is 13.8 Å². The van der Waals surface area contributed by atoms with E-state index in [1.54, 1.807) is 36.5 Å². The van der Waals surface area contributed by atoms with Crippen LogP contribution in [-0.2, 0) is 0 Å². The van der Waals surface area contributed by atoms with Crippen LogP contribution in [-0.4, -0.2) is 56.4 Å². The molecule has 7 nitrogen and oxygen atoms in total. The Balaban J connectivity index is 2.35. The predicted molar refractivity (Wildman–Crippen MR) is 133 cm³/mol. The van der Waals surface area contributed by atoms with Crippen LogP contribution < -0.4 is 15.4 Å². The first-order valence-electron chi connectivity index (χ1n) is 10.2. The summed E-state index contributed by atoms with van der Waals surface area (Å²) in [7, 11) is 5.71. The van der Waals surface area contributed by atoms with Gasteiger partial charge < -0.3 is 20.3 Å². The number of allylic oxidation sites excluding steroid dienone is 1. The van der Waals surface area contributed by atoms with E-state index < -0.39 is 17.7 Å². The highest BCUT2D eigenvalue weighted by Crippen LogP contribution is 2.35. The minimum Gasteiger partial charge on any atom is -0.492 e. The smallest absolute Gasteiger partial charge is 0.323 e. The number of hydrogen-bond acceptors (Lipinski definition) is 5. The molecule has 178 valence electrons. The number of urea groups is 1. The summed E-state index contributed by atoms with van der Waals surface area (Å²) in [6, 6.07) is 7.42. The summed E-state index contributed by atoms with van der Waals surface area (Å²) in [5.74, 6) is -0.981. The van der Waals surface area contributed by atoms with E-state index in [4.69, 9.17) is 4.74 Å². The van der Waals surface area contributed by atoms with Gasteiger partial charge in [0.15, 0.2) is 0 Å². The van der Waals surface area contributed by atoms with Gasteiger partial charge in [-0.1, -0.05) is 15.9 Å². The summed E-state index contributed by atoms with van der Waals surface area (Å²) in [5, 5.41) is 11.1. The van der Waals surface area contributed by atoms with E-state index in [1.165, 1.54) is 0 Å². The standard InChI is InChI=1S/C23H28BrF2N5O2/c1-6-27-31(5)22(15(2)24)18-14-17(8-10-21(18)33-12-11-30(3)4)28-23(32)29-20-9-7-16(25)13-19(20)26/h6-10,13-14H,11-12H2,1-5H3,(H2,28,29,32)/b22-15+,27-6-. The number of anilines is 2. The molecule has 0 saturated heterocycles. The van der Waals surface area contributed by atoms with Crippen molar-refractivity contribution in [3.8, 4) is 5.75 Å². The van der Waals surface area contributed by atoms with Crippen molar-refractivity contribution in [1.29, 1.82) is 0 Å². The minimum atomic E-state index is -0.866. The average Bonchev–Trinajstić information content (AvgIpc) is 2.71. The molecule has 0 aromatic heterocycles. The van der Waals surface area contributed by atoms with Gasteiger partial charge in [-0.25, -0.2) is 13.6 Å². The van der Waals surface area contributed by atoms with Gasteiger partial charge in [0, 0.05) is 41.6 Å². The Kier molecular flexibility index (Phi) is 9.80. The monoisotopic (exact) mass is 523 g/mol. The van der Waals surface area contributed by atoms with E-state index in [2.05, 4.69) is 31.7 Å². The van der Waals surface area contributed by atoms with Crippen LogP contribution in [0.3, 0.4) is 0 Å². The summed E-state index contributed by atoms with van der Waals surface area (Å²) in [6.07, 6.45) is 1.66. The third kappa shape index (κ3) is 7.83. The van der Waals surface area contributed by atoms with Crippen LogP contribution in [0.1, 0.15) is 19.4 Å². The lowest BCUT2D eigenvalue weighted by molar-refractivity contribution is 0.260. The number of halogens is 3. The number of hydrogen-bond donors (Lipinski definition) is 2. The molecule has 0 aliphatic heterocycles. The topological polar surface area (TPSA) is 69.2 Å². The number of nitrogens with zero attached hydrogens (tertiary/aromatic N) is 3. The number of carbonyl (C=O) groups is 1. The normalized spacial score (nSPS) is 12.0. The van der Waals surface area contributed by atoms with E-state index in [1.807, 2.05) is 32.8 Å². The van der Waals surface area contributed by atoms with Gasteiger partial charge >= 0.3 is 6.03 Å². The molecule has 0 heterocycles. The fourth-order valence-electron chi connectivity index (χ4n) is 2.95.